The molecule has 170 valence electrons. The Kier molecular flexibility index (Phi) is 5.37. The van der Waals surface area contributed by atoms with Crippen molar-refractivity contribution >= 4 is 0 Å². The molecule has 4 aromatic rings. The minimum atomic E-state index is -4.82. The van der Waals surface area contributed by atoms with E-state index in [1.165, 1.54) is 24.3 Å². The summed E-state index contributed by atoms with van der Waals surface area (Å²) in [6.07, 6.45) is -7.80. The number of hydrogen-bond donors (Lipinski definition) is 0. The Hall–Kier alpha value is -4.58. The highest BCUT2D eigenvalue weighted by Crippen LogP contribution is 2.41. The van der Waals surface area contributed by atoms with Crippen LogP contribution < -0.4 is 0 Å². The van der Waals surface area contributed by atoms with Gasteiger partial charge in [-0.25, -0.2) is 9.97 Å². The van der Waals surface area contributed by atoms with Gasteiger partial charge in [0.2, 0.25) is 0 Å². The number of benzene rings is 2. The van der Waals surface area contributed by atoms with Crippen molar-refractivity contribution in [3.8, 4) is 46.2 Å². The largest absolute Gasteiger partial charge is 0.439 e. The monoisotopic (exact) mass is 474 g/mol. The highest BCUT2D eigenvalue weighted by molar-refractivity contribution is 5.83. The Morgan fingerprint density at radius 3 is 1.35 bits per heavy atom. The van der Waals surface area contributed by atoms with Crippen LogP contribution in [0.25, 0.3) is 34.0 Å². The second kappa shape index (κ2) is 8.08. The maximum Gasteiger partial charge on any atom is 0.417 e. The predicted octanol–water partition coefficient (Wildman–Crippen LogP) is 6.44. The summed E-state index contributed by atoms with van der Waals surface area (Å²) in [5.41, 5.74) is -3.96. The third-order valence-electron chi connectivity index (χ3n) is 4.78. The van der Waals surface area contributed by atoms with Crippen molar-refractivity contribution in [2.45, 2.75) is 12.4 Å². The van der Waals surface area contributed by atoms with E-state index in [-0.39, 0.29) is 34.0 Å². The molecule has 0 saturated heterocycles. The van der Waals surface area contributed by atoms with E-state index >= 15 is 0 Å². The van der Waals surface area contributed by atoms with Crippen molar-refractivity contribution in [3.05, 3.63) is 71.4 Å². The lowest BCUT2D eigenvalue weighted by atomic mass is 9.99. The summed E-state index contributed by atoms with van der Waals surface area (Å²) in [5.74, 6) is -0.383. The summed E-state index contributed by atoms with van der Waals surface area (Å²) in [6.45, 7) is 0. The summed E-state index contributed by atoms with van der Waals surface area (Å²) in [5, 5.41) is 18.0. The Morgan fingerprint density at radius 2 is 1.03 bits per heavy atom. The third-order valence-corrected chi connectivity index (χ3v) is 4.78. The molecule has 2 aromatic carbocycles. The van der Waals surface area contributed by atoms with Crippen LogP contribution >= 0.6 is 0 Å². The van der Waals surface area contributed by atoms with Gasteiger partial charge in [0, 0.05) is 11.1 Å². The molecule has 0 atom stereocenters. The average molecular weight is 474 g/mol. The highest BCUT2D eigenvalue weighted by atomic mass is 19.4. The molecule has 0 fully saturated rings. The van der Waals surface area contributed by atoms with Gasteiger partial charge in [-0.15, -0.1) is 0 Å². The number of oxazole rings is 2. The molecule has 12 heteroatoms. The van der Waals surface area contributed by atoms with Gasteiger partial charge >= 0.3 is 12.4 Å². The van der Waals surface area contributed by atoms with Crippen molar-refractivity contribution in [2.75, 3.05) is 0 Å². The van der Waals surface area contributed by atoms with E-state index in [9.17, 15) is 26.3 Å². The average Bonchev–Trinajstić information content (AvgIpc) is 3.46. The first-order valence-corrected chi connectivity index (χ1v) is 9.15. The van der Waals surface area contributed by atoms with Gasteiger partial charge in [-0.1, -0.05) is 12.1 Å². The van der Waals surface area contributed by atoms with E-state index in [1.54, 1.807) is 0 Å². The Morgan fingerprint density at radius 1 is 0.647 bits per heavy atom. The van der Waals surface area contributed by atoms with E-state index < -0.39 is 34.6 Å². The predicted molar refractivity (Wildman–Crippen MR) is 102 cm³/mol. The first kappa shape index (κ1) is 22.6. The molecule has 0 unspecified atom stereocenters. The standard InChI is InChI=1S/C22H8F6N4O2/c23-21(24,25)15-5-11(1-3-13(15)7-29)17-19(33-9-31-17)20-18(32-10-34-20)12-2-4-14(8-30)16(6-12)22(26,27)28/h1-6,9-10H. The van der Waals surface area contributed by atoms with Gasteiger partial charge in [-0.3, -0.25) is 0 Å². The molecule has 0 spiro atoms. The van der Waals surface area contributed by atoms with Gasteiger partial charge in [0.25, 0.3) is 0 Å². The number of halogens is 6. The Bertz CT molecular complexity index is 1360. The molecule has 0 aliphatic heterocycles. The van der Waals surface area contributed by atoms with Crippen molar-refractivity contribution < 1.29 is 35.2 Å². The lowest BCUT2D eigenvalue weighted by molar-refractivity contribution is -0.138. The van der Waals surface area contributed by atoms with Gasteiger partial charge in [0.15, 0.2) is 24.3 Å². The van der Waals surface area contributed by atoms with Crippen LogP contribution in [0.15, 0.2) is 58.0 Å². The number of rotatable bonds is 3. The van der Waals surface area contributed by atoms with Gasteiger partial charge < -0.3 is 8.83 Å². The fourth-order valence-electron chi connectivity index (χ4n) is 3.27. The SMILES string of the molecule is N#Cc1ccc(-c2ncoc2-c2ocnc2-c2ccc(C#N)c(C(F)(F)F)c2)cc1C(F)(F)F. The van der Waals surface area contributed by atoms with E-state index in [2.05, 4.69) is 9.97 Å². The quantitative estimate of drug-likeness (QED) is 0.317. The fourth-order valence-corrected chi connectivity index (χ4v) is 3.27. The molecule has 0 N–H and O–H groups in total. The summed E-state index contributed by atoms with van der Waals surface area (Å²) < 4.78 is 90.8. The molecule has 4 rings (SSSR count). The first-order chi connectivity index (χ1) is 16.0. The van der Waals surface area contributed by atoms with Crippen LogP contribution in [0.3, 0.4) is 0 Å². The molecule has 2 heterocycles. The lowest BCUT2D eigenvalue weighted by Crippen LogP contribution is -2.08. The Labute approximate surface area is 186 Å². The molecule has 0 aliphatic rings. The molecule has 6 nitrogen and oxygen atoms in total. The number of aromatic nitrogens is 2. The molecule has 2 aromatic heterocycles. The fraction of sp³-hybridized carbons (Fsp3) is 0.0909. The number of nitrogens with zero attached hydrogens (tertiary/aromatic N) is 4. The van der Waals surface area contributed by atoms with E-state index in [4.69, 9.17) is 19.4 Å². The molecular weight excluding hydrogens is 466 g/mol. The molecule has 0 radical (unpaired) electrons. The zero-order valence-electron chi connectivity index (χ0n) is 16.5. The summed E-state index contributed by atoms with van der Waals surface area (Å²) >= 11 is 0. The normalized spacial score (nSPS) is 11.8. The second-order valence-electron chi connectivity index (χ2n) is 6.80. The molecule has 0 saturated carbocycles. The molecule has 0 amide bonds. The van der Waals surface area contributed by atoms with Crippen LogP contribution in [0.4, 0.5) is 26.3 Å². The van der Waals surface area contributed by atoms with Crippen LogP contribution in [-0.2, 0) is 12.4 Å². The van der Waals surface area contributed by atoms with E-state index in [1.807, 2.05) is 0 Å². The molecular formula is C22H8F6N4O2. The van der Waals surface area contributed by atoms with Crippen LogP contribution in [0, 0.1) is 22.7 Å². The number of alkyl halides is 6. The van der Waals surface area contributed by atoms with Gasteiger partial charge in [0.05, 0.1) is 34.4 Å². The van der Waals surface area contributed by atoms with Gasteiger partial charge in [0.1, 0.15) is 11.4 Å². The van der Waals surface area contributed by atoms with E-state index in [0.717, 1.165) is 24.9 Å². The minimum Gasteiger partial charge on any atom is -0.439 e. The van der Waals surface area contributed by atoms with Crippen molar-refractivity contribution in [1.82, 2.24) is 9.97 Å². The van der Waals surface area contributed by atoms with Gasteiger partial charge in [-0.05, 0) is 24.3 Å². The summed E-state index contributed by atoms with van der Waals surface area (Å²) in [7, 11) is 0. The maximum absolute atomic E-state index is 13.4. The maximum atomic E-state index is 13.4. The lowest BCUT2D eigenvalue weighted by Gasteiger charge is -2.11. The van der Waals surface area contributed by atoms with Crippen LogP contribution in [0.2, 0.25) is 0 Å². The topological polar surface area (TPSA) is 99.6 Å². The first-order valence-electron chi connectivity index (χ1n) is 9.15. The highest BCUT2D eigenvalue weighted by Gasteiger charge is 2.36. The van der Waals surface area contributed by atoms with Crippen LogP contribution in [-0.4, -0.2) is 9.97 Å². The van der Waals surface area contributed by atoms with Crippen molar-refractivity contribution in [2.24, 2.45) is 0 Å². The number of hydrogen-bond acceptors (Lipinski definition) is 6. The van der Waals surface area contributed by atoms with Crippen molar-refractivity contribution in [3.63, 3.8) is 0 Å². The minimum absolute atomic E-state index is 0.0757. The van der Waals surface area contributed by atoms with E-state index in [0.29, 0.717) is 12.1 Å². The number of nitriles is 2. The zero-order valence-corrected chi connectivity index (χ0v) is 16.5. The molecule has 0 aliphatic carbocycles. The van der Waals surface area contributed by atoms with Crippen molar-refractivity contribution in [1.29, 1.82) is 10.5 Å². The third kappa shape index (κ3) is 3.97. The smallest absolute Gasteiger partial charge is 0.417 e. The zero-order chi connectivity index (χ0) is 24.7. The van der Waals surface area contributed by atoms with Gasteiger partial charge in [-0.2, -0.15) is 36.9 Å². The van der Waals surface area contributed by atoms with Crippen LogP contribution in [0.5, 0.6) is 0 Å². The Balaban J connectivity index is 1.85. The molecule has 0 bridgehead atoms. The second-order valence-corrected chi connectivity index (χ2v) is 6.80. The van der Waals surface area contributed by atoms with Crippen LogP contribution in [0.1, 0.15) is 22.3 Å². The molecule has 34 heavy (non-hydrogen) atoms. The summed E-state index contributed by atoms with van der Waals surface area (Å²) in [4.78, 5) is 7.82. The summed E-state index contributed by atoms with van der Waals surface area (Å²) in [6, 6.07) is 8.72.